The number of rotatable bonds is 4. The maximum atomic E-state index is 11.8. The van der Waals surface area contributed by atoms with Crippen molar-refractivity contribution in [3.05, 3.63) is 23.3 Å². The van der Waals surface area contributed by atoms with Crippen LogP contribution in [0, 0.1) is 13.8 Å². The number of carbonyl (C=O) groups excluding carboxylic acids is 1. The molecule has 0 aromatic heterocycles. The van der Waals surface area contributed by atoms with Crippen molar-refractivity contribution in [3.63, 3.8) is 0 Å². The lowest BCUT2D eigenvalue weighted by Gasteiger charge is -2.20. The van der Waals surface area contributed by atoms with Gasteiger partial charge in [0.25, 0.3) is 15.0 Å². The molecule has 0 spiro atoms. The summed E-state index contributed by atoms with van der Waals surface area (Å²) in [5.74, 6) is 0.297. The second-order valence-corrected chi connectivity index (χ2v) is 7.28. The van der Waals surface area contributed by atoms with Gasteiger partial charge in [-0.1, -0.05) is 0 Å². The highest BCUT2D eigenvalue weighted by molar-refractivity contribution is 8.13. The van der Waals surface area contributed by atoms with Gasteiger partial charge in [0, 0.05) is 24.8 Å². The van der Waals surface area contributed by atoms with E-state index in [0.717, 1.165) is 0 Å². The van der Waals surface area contributed by atoms with Crippen LogP contribution in [0.25, 0.3) is 0 Å². The van der Waals surface area contributed by atoms with Gasteiger partial charge in [-0.15, -0.1) is 0 Å². The molecule has 0 saturated heterocycles. The summed E-state index contributed by atoms with van der Waals surface area (Å²) in [6, 6.07) is 2.89. The lowest BCUT2D eigenvalue weighted by molar-refractivity contribution is -0.135. The van der Waals surface area contributed by atoms with E-state index in [0.29, 0.717) is 16.9 Å². The molecule has 7 heteroatoms. The Labute approximate surface area is 123 Å². The number of hydrogen-bond donors (Lipinski definition) is 0. The number of carbonyl (C=O) groups is 1. The molecular formula is C13H18ClNO4S. The molecule has 0 aliphatic rings. The van der Waals surface area contributed by atoms with Gasteiger partial charge >= 0.3 is 0 Å². The Morgan fingerprint density at radius 2 is 1.80 bits per heavy atom. The maximum absolute atomic E-state index is 11.8. The third-order valence-corrected chi connectivity index (χ3v) is 4.51. The quantitative estimate of drug-likeness (QED) is 0.797. The number of likely N-dealkylation sites (N-methyl/N-ethyl adjacent to an activating group) is 1. The molecule has 1 rings (SSSR count). The van der Waals surface area contributed by atoms with E-state index in [9.17, 15) is 13.2 Å². The molecule has 0 saturated carbocycles. The summed E-state index contributed by atoms with van der Waals surface area (Å²) in [6.07, 6.45) is -0.651. The Morgan fingerprint density at radius 1 is 1.25 bits per heavy atom. The van der Waals surface area contributed by atoms with Crippen molar-refractivity contribution in [3.8, 4) is 5.75 Å². The first kappa shape index (κ1) is 16.8. The molecule has 0 N–H and O–H groups in total. The molecule has 1 atom stereocenters. The molecule has 112 valence electrons. The summed E-state index contributed by atoms with van der Waals surface area (Å²) in [7, 11) is 4.85. The minimum absolute atomic E-state index is 0.0515. The second-order valence-electron chi connectivity index (χ2n) is 4.74. The molecule has 1 aromatic carbocycles. The monoisotopic (exact) mass is 319 g/mol. The fourth-order valence-corrected chi connectivity index (χ4v) is 3.02. The van der Waals surface area contributed by atoms with Crippen molar-refractivity contribution in [1.82, 2.24) is 4.90 Å². The van der Waals surface area contributed by atoms with E-state index in [4.69, 9.17) is 15.4 Å². The van der Waals surface area contributed by atoms with E-state index in [2.05, 4.69) is 0 Å². The molecule has 5 nitrogen and oxygen atoms in total. The zero-order valence-electron chi connectivity index (χ0n) is 12.1. The average Bonchev–Trinajstić information content (AvgIpc) is 2.32. The minimum atomic E-state index is -3.79. The summed E-state index contributed by atoms with van der Waals surface area (Å²) in [6.45, 7) is 5.02. The molecule has 0 bridgehead atoms. The van der Waals surface area contributed by atoms with Crippen LogP contribution in [-0.4, -0.2) is 39.4 Å². The van der Waals surface area contributed by atoms with Gasteiger partial charge in [0.2, 0.25) is 0 Å². The van der Waals surface area contributed by atoms with Gasteiger partial charge in [-0.05, 0) is 44.0 Å². The molecule has 20 heavy (non-hydrogen) atoms. The third-order valence-electron chi connectivity index (χ3n) is 3.04. The molecule has 0 aliphatic heterocycles. The van der Waals surface area contributed by atoms with E-state index in [1.54, 1.807) is 34.9 Å². The predicted octanol–water partition coefficient (Wildman–Crippen LogP) is 2.09. The average molecular weight is 320 g/mol. The molecule has 1 amide bonds. The van der Waals surface area contributed by atoms with Gasteiger partial charge in [-0.3, -0.25) is 4.79 Å². The van der Waals surface area contributed by atoms with Crippen molar-refractivity contribution in [2.24, 2.45) is 0 Å². The standard InChI is InChI=1S/C13H18ClNO4S/c1-8-9(2)12(20(14,17)18)7-6-11(8)19-10(3)13(16)15(4)5/h6-7,10H,1-5H3. The predicted molar refractivity (Wildman–Crippen MR) is 77.7 cm³/mol. The Balaban J connectivity index is 3.12. The normalized spacial score (nSPS) is 12.9. The SMILES string of the molecule is Cc1c(OC(C)C(=O)N(C)C)ccc(S(=O)(=O)Cl)c1C. The first-order valence-electron chi connectivity index (χ1n) is 5.98. The Kier molecular flexibility index (Phi) is 5.05. The third kappa shape index (κ3) is 3.64. The largest absolute Gasteiger partial charge is 0.481 e. The van der Waals surface area contributed by atoms with Gasteiger partial charge in [0.05, 0.1) is 4.90 Å². The molecule has 0 radical (unpaired) electrons. The van der Waals surface area contributed by atoms with Gasteiger partial charge < -0.3 is 9.64 Å². The number of benzene rings is 1. The minimum Gasteiger partial charge on any atom is -0.481 e. The number of nitrogens with zero attached hydrogens (tertiary/aromatic N) is 1. The zero-order chi connectivity index (χ0) is 15.7. The fourth-order valence-electron chi connectivity index (χ4n) is 1.77. The second kappa shape index (κ2) is 6.01. The van der Waals surface area contributed by atoms with Crippen LogP contribution in [0.3, 0.4) is 0 Å². The molecule has 0 fully saturated rings. The molecular weight excluding hydrogens is 302 g/mol. The van der Waals surface area contributed by atoms with Crippen LogP contribution < -0.4 is 4.74 Å². The molecule has 0 aliphatic carbocycles. The van der Waals surface area contributed by atoms with Gasteiger partial charge in [-0.25, -0.2) is 8.42 Å². The van der Waals surface area contributed by atoms with E-state index < -0.39 is 15.2 Å². The molecule has 1 unspecified atom stereocenters. The molecule has 1 aromatic rings. The zero-order valence-corrected chi connectivity index (χ0v) is 13.7. The topological polar surface area (TPSA) is 63.7 Å². The highest BCUT2D eigenvalue weighted by Crippen LogP contribution is 2.29. The highest BCUT2D eigenvalue weighted by Gasteiger charge is 2.21. The Bertz CT molecular complexity index is 626. The number of halogens is 1. The van der Waals surface area contributed by atoms with Crippen molar-refractivity contribution < 1.29 is 17.9 Å². The number of ether oxygens (including phenoxy) is 1. The first-order chi connectivity index (χ1) is 9.05. The number of amides is 1. The van der Waals surface area contributed by atoms with Gasteiger partial charge in [-0.2, -0.15) is 0 Å². The van der Waals surface area contributed by atoms with Gasteiger partial charge in [0.15, 0.2) is 6.10 Å². The van der Waals surface area contributed by atoms with Crippen molar-refractivity contribution in [2.75, 3.05) is 14.1 Å². The fraction of sp³-hybridized carbons (Fsp3) is 0.462. The summed E-state index contributed by atoms with van der Waals surface area (Å²) < 4.78 is 28.4. The van der Waals surface area contributed by atoms with Crippen LogP contribution in [-0.2, 0) is 13.8 Å². The maximum Gasteiger partial charge on any atom is 0.262 e. The van der Waals surface area contributed by atoms with E-state index in [1.807, 2.05) is 0 Å². The van der Waals surface area contributed by atoms with Gasteiger partial charge in [0.1, 0.15) is 5.75 Å². The van der Waals surface area contributed by atoms with Crippen LogP contribution in [0.1, 0.15) is 18.1 Å². The highest BCUT2D eigenvalue weighted by atomic mass is 35.7. The first-order valence-corrected chi connectivity index (χ1v) is 8.29. The van der Waals surface area contributed by atoms with E-state index in [-0.39, 0.29) is 10.8 Å². The van der Waals surface area contributed by atoms with Crippen molar-refractivity contribution in [1.29, 1.82) is 0 Å². The van der Waals surface area contributed by atoms with E-state index >= 15 is 0 Å². The van der Waals surface area contributed by atoms with Crippen LogP contribution in [0.5, 0.6) is 5.75 Å². The van der Waals surface area contributed by atoms with Crippen molar-refractivity contribution >= 4 is 25.6 Å². The van der Waals surface area contributed by atoms with Crippen LogP contribution >= 0.6 is 10.7 Å². The van der Waals surface area contributed by atoms with Crippen molar-refractivity contribution in [2.45, 2.75) is 31.8 Å². The lowest BCUT2D eigenvalue weighted by atomic mass is 10.1. The van der Waals surface area contributed by atoms with Crippen LogP contribution in [0.2, 0.25) is 0 Å². The summed E-state index contributed by atoms with van der Waals surface area (Å²) in [5.41, 5.74) is 1.16. The summed E-state index contributed by atoms with van der Waals surface area (Å²) in [5, 5.41) is 0. The Morgan fingerprint density at radius 3 is 2.25 bits per heavy atom. The Hall–Kier alpha value is -1.27. The molecule has 0 heterocycles. The number of hydrogen-bond acceptors (Lipinski definition) is 4. The van der Waals surface area contributed by atoms with Crippen LogP contribution in [0.15, 0.2) is 17.0 Å². The smallest absolute Gasteiger partial charge is 0.262 e. The lowest BCUT2D eigenvalue weighted by Crippen LogP contribution is -2.35. The van der Waals surface area contributed by atoms with Crippen LogP contribution in [0.4, 0.5) is 0 Å². The summed E-state index contributed by atoms with van der Waals surface area (Å²) in [4.78, 5) is 13.2. The van der Waals surface area contributed by atoms with E-state index in [1.165, 1.54) is 17.0 Å². The summed E-state index contributed by atoms with van der Waals surface area (Å²) >= 11 is 0.